The van der Waals surface area contributed by atoms with Crippen molar-refractivity contribution in [2.24, 2.45) is 28.8 Å². The molecule has 4 atom stereocenters. The predicted octanol–water partition coefficient (Wildman–Crippen LogP) is 3.66. The second kappa shape index (κ2) is 5.95. The van der Waals surface area contributed by atoms with Crippen LogP contribution in [-0.2, 0) is 9.59 Å². The van der Waals surface area contributed by atoms with Crippen LogP contribution in [-0.4, -0.2) is 28.6 Å². The highest BCUT2D eigenvalue weighted by Crippen LogP contribution is 2.52. The van der Waals surface area contributed by atoms with E-state index in [4.69, 9.17) is 16.3 Å². The zero-order valence-corrected chi connectivity index (χ0v) is 15.7. The molecule has 136 valence electrons. The Kier molecular flexibility index (Phi) is 3.95. The summed E-state index contributed by atoms with van der Waals surface area (Å²) in [5.41, 5.74) is 0.355. The van der Waals surface area contributed by atoms with Gasteiger partial charge in [-0.2, -0.15) is 10.1 Å². The monoisotopic (exact) mass is 372 g/mol. The molecule has 5 nitrogen and oxygen atoms in total. The van der Waals surface area contributed by atoms with E-state index in [1.165, 1.54) is 6.21 Å². The lowest BCUT2D eigenvalue weighted by molar-refractivity contribution is -0.140. The number of fused-ring (bicyclic) bond motifs is 5. The molecule has 1 saturated carbocycles. The second-order valence-electron chi connectivity index (χ2n) is 8.14. The van der Waals surface area contributed by atoms with Crippen molar-refractivity contribution in [1.29, 1.82) is 0 Å². The molecule has 0 radical (unpaired) electrons. The largest absolute Gasteiger partial charge is 0.487 e. The molecule has 1 aromatic carbocycles. The summed E-state index contributed by atoms with van der Waals surface area (Å²) in [6, 6.07) is 5.28. The van der Waals surface area contributed by atoms with Crippen LogP contribution in [0.3, 0.4) is 0 Å². The van der Waals surface area contributed by atoms with Gasteiger partial charge in [0, 0.05) is 0 Å². The van der Waals surface area contributed by atoms with Crippen LogP contribution in [0.2, 0.25) is 5.02 Å². The molecular formula is C20H21ClN2O3. The van der Waals surface area contributed by atoms with Crippen LogP contribution < -0.4 is 4.74 Å². The molecule has 4 unspecified atom stereocenters. The number of benzene rings is 1. The Hall–Kier alpha value is -2.14. The van der Waals surface area contributed by atoms with E-state index in [1.807, 2.05) is 20.8 Å². The number of hydrogen-bond acceptors (Lipinski definition) is 4. The Morgan fingerprint density at radius 3 is 2.31 bits per heavy atom. The van der Waals surface area contributed by atoms with E-state index in [9.17, 15) is 9.59 Å². The summed E-state index contributed by atoms with van der Waals surface area (Å²) in [5.74, 6) is 0.108. The maximum absolute atomic E-state index is 12.6. The van der Waals surface area contributed by atoms with E-state index < -0.39 is 0 Å². The molecule has 1 aromatic rings. The van der Waals surface area contributed by atoms with Crippen molar-refractivity contribution in [3.63, 3.8) is 0 Å². The number of hydrazone groups is 1. The number of amides is 2. The molecule has 2 bridgehead atoms. The fraction of sp³-hybridized carbons (Fsp3) is 0.450. The zero-order chi connectivity index (χ0) is 18.6. The van der Waals surface area contributed by atoms with Crippen molar-refractivity contribution in [3.8, 4) is 5.75 Å². The molecule has 3 aliphatic rings. The molecule has 2 fully saturated rings. The van der Waals surface area contributed by atoms with E-state index in [1.54, 1.807) is 18.2 Å². The normalized spacial score (nSPS) is 29.9. The Balaban J connectivity index is 1.51. The van der Waals surface area contributed by atoms with Gasteiger partial charge in [0.25, 0.3) is 11.8 Å². The summed E-state index contributed by atoms with van der Waals surface area (Å²) < 4.78 is 5.78. The molecule has 2 amide bonds. The summed E-state index contributed by atoms with van der Waals surface area (Å²) in [6.07, 6.45) is 6.55. The SMILES string of the molecule is CC(C)(C)Oc1ccc(C=NN2C(=O)C3C4C=CC(C4)C3C2=O)cc1Cl. The van der Waals surface area contributed by atoms with Gasteiger partial charge in [0.1, 0.15) is 11.4 Å². The lowest BCUT2D eigenvalue weighted by Crippen LogP contribution is -2.28. The van der Waals surface area contributed by atoms with E-state index in [-0.39, 0.29) is 41.1 Å². The van der Waals surface area contributed by atoms with Crippen molar-refractivity contribution < 1.29 is 14.3 Å². The van der Waals surface area contributed by atoms with Crippen LogP contribution in [0.5, 0.6) is 5.75 Å². The van der Waals surface area contributed by atoms with Gasteiger partial charge in [0.2, 0.25) is 0 Å². The molecule has 6 heteroatoms. The molecule has 4 rings (SSSR count). The number of hydrogen-bond donors (Lipinski definition) is 0. The fourth-order valence-corrected chi connectivity index (χ4v) is 4.36. The smallest absolute Gasteiger partial charge is 0.254 e. The number of allylic oxidation sites excluding steroid dienone is 2. The number of ether oxygens (including phenoxy) is 1. The summed E-state index contributed by atoms with van der Waals surface area (Å²) in [5, 5.41) is 5.66. The Morgan fingerprint density at radius 1 is 1.15 bits per heavy atom. The summed E-state index contributed by atoms with van der Waals surface area (Å²) in [6.45, 7) is 5.84. The van der Waals surface area contributed by atoms with Crippen LogP contribution >= 0.6 is 11.6 Å². The average Bonchev–Trinajstić information content (AvgIpc) is 3.22. The highest BCUT2D eigenvalue weighted by atomic mass is 35.5. The van der Waals surface area contributed by atoms with Gasteiger partial charge in [-0.15, -0.1) is 0 Å². The van der Waals surface area contributed by atoms with Crippen molar-refractivity contribution >= 4 is 29.6 Å². The van der Waals surface area contributed by atoms with Gasteiger partial charge in [-0.3, -0.25) is 9.59 Å². The lowest BCUT2D eigenvalue weighted by Gasteiger charge is -2.22. The third-order valence-electron chi connectivity index (χ3n) is 5.14. The maximum atomic E-state index is 12.6. The number of carbonyl (C=O) groups is 2. The maximum Gasteiger partial charge on any atom is 0.254 e. The molecule has 26 heavy (non-hydrogen) atoms. The number of imide groups is 1. The van der Waals surface area contributed by atoms with Crippen LogP contribution in [0.1, 0.15) is 32.8 Å². The highest BCUT2D eigenvalue weighted by Gasteiger charge is 2.59. The highest BCUT2D eigenvalue weighted by molar-refractivity contribution is 6.32. The Labute approximate surface area is 157 Å². The molecule has 1 saturated heterocycles. The van der Waals surface area contributed by atoms with Crippen molar-refractivity contribution in [3.05, 3.63) is 40.9 Å². The number of carbonyl (C=O) groups excluding carboxylic acids is 2. The van der Waals surface area contributed by atoms with Gasteiger partial charge in [0.05, 0.1) is 23.1 Å². The summed E-state index contributed by atoms with van der Waals surface area (Å²) in [7, 11) is 0. The molecule has 0 spiro atoms. The second-order valence-corrected chi connectivity index (χ2v) is 8.54. The number of nitrogens with zero attached hydrogens (tertiary/aromatic N) is 2. The van der Waals surface area contributed by atoms with E-state index in [0.717, 1.165) is 11.4 Å². The van der Waals surface area contributed by atoms with E-state index in [0.29, 0.717) is 16.3 Å². The van der Waals surface area contributed by atoms with Gasteiger partial charge in [-0.25, -0.2) is 0 Å². The minimum Gasteiger partial charge on any atom is -0.487 e. The summed E-state index contributed by atoms with van der Waals surface area (Å²) in [4.78, 5) is 25.2. The third-order valence-corrected chi connectivity index (χ3v) is 5.44. The predicted molar refractivity (Wildman–Crippen MR) is 99.0 cm³/mol. The minimum absolute atomic E-state index is 0.185. The first-order valence-electron chi connectivity index (χ1n) is 8.83. The van der Waals surface area contributed by atoms with Gasteiger partial charge in [-0.05, 0) is 62.8 Å². The van der Waals surface area contributed by atoms with E-state index >= 15 is 0 Å². The molecule has 1 aliphatic heterocycles. The molecule has 0 N–H and O–H groups in total. The van der Waals surface area contributed by atoms with Crippen molar-refractivity contribution in [1.82, 2.24) is 5.01 Å². The Morgan fingerprint density at radius 2 is 1.77 bits per heavy atom. The zero-order valence-electron chi connectivity index (χ0n) is 15.0. The van der Waals surface area contributed by atoms with Crippen LogP contribution in [0.15, 0.2) is 35.5 Å². The van der Waals surface area contributed by atoms with Gasteiger partial charge in [-0.1, -0.05) is 23.8 Å². The quantitative estimate of drug-likeness (QED) is 0.462. The lowest BCUT2D eigenvalue weighted by atomic mass is 9.85. The molecular weight excluding hydrogens is 352 g/mol. The third kappa shape index (κ3) is 2.84. The van der Waals surface area contributed by atoms with Crippen molar-refractivity contribution in [2.75, 3.05) is 0 Å². The van der Waals surface area contributed by atoms with Crippen LogP contribution in [0.25, 0.3) is 0 Å². The Bertz CT molecular complexity index is 810. The topological polar surface area (TPSA) is 59.0 Å². The first kappa shape index (κ1) is 17.3. The first-order valence-corrected chi connectivity index (χ1v) is 9.21. The van der Waals surface area contributed by atoms with Crippen LogP contribution in [0, 0.1) is 23.7 Å². The number of halogens is 1. The standard InChI is InChI=1S/C20H21ClN2O3/c1-20(2,3)26-15-7-4-11(8-14(15)21)10-22-23-18(24)16-12-5-6-13(9-12)17(16)19(23)25/h4-8,10,12-13,16-17H,9H2,1-3H3. The minimum atomic E-state index is -0.348. The van der Waals surface area contributed by atoms with Crippen molar-refractivity contribution in [2.45, 2.75) is 32.8 Å². The first-order chi connectivity index (χ1) is 12.2. The number of rotatable bonds is 3. The molecule has 1 heterocycles. The molecule has 2 aliphatic carbocycles. The van der Waals surface area contributed by atoms with E-state index in [2.05, 4.69) is 17.3 Å². The van der Waals surface area contributed by atoms with Gasteiger partial charge >= 0.3 is 0 Å². The summed E-state index contributed by atoms with van der Waals surface area (Å²) >= 11 is 6.27. The van der Waals surface area contributed by atoms with Crippen LogP contribution in [0.4, 0.5) is 0 Å². The molecule has 0 aromatic heterocycles. The fourth-order valence-electron chi connectivity index (χ4n) is 4.13. The van der Waals surface area contributed by atoms with Gasteiger partial charge in [0.15, 0.2) is 0 Å². The average molecular weight is 373 g/mol. The van der Waals surface area contributed by atoms with Gasteiger partial charge < -0.3 is 4.74 Å².